The summed E-state index contributed by atoms with van der Waals surface area (Å²) >= 11 is 0. The molecule has 0 N–H and O–H groups in total. The minimum absolute atomic E-state index is 0.811. The first-order valence-electron chi connectivity index (χ1n) is 6.29. The Morgan fingerprint density at radius 3 is 2.38 bits per heavy atom. The molecule has 13 heavy (non-hydrogen) atoms. The Morgan fingerprint density at radius 1 is 1.08 bits per heavy atom. The summed E-state index contributed by atoms with van der Waals surface area (Å²) < 4.78 is 0. The van der Waals surface area contributed by atoms with E-state index in [2.05, 4.69) is 13.8 Å². The maximum absolute atomic E-state index is 2.55. The number of rotatable bonds is 5. The highest BCUT2D eigenvalue weighted by Crippen LogP contribution is 2.69. The van der Waals surface area contributed by atoms with E-state index in [1.54, 1.807) is 12.8 Å². The van der Waals surface area contributed by atoms with Crippen LogP contribution in [0.2, 0.25) is 0 Å². The molecular formula is C13H24. The lowest BCUT2D eigenvalue weighted by atomic mass is 9.91. The Morgan fingerprint density at radius 2 is 1.77 bits per heavy atom. The molecule has 2 fully saturated rings. The molecule has 0 spiro atoms. The van der Waals surface area contributed by atoms with Crippen molar-refractivity contribution in [2.45, 2.75) is 65.2 Å². The van der Waals surface area contributed by atoms with Gasteiger partial charge in [0.25, 0.3) is 0 Å². The molecule has 0 aromatic heterocycles. The SMILES string of the molecule is CCCCCCC1(C)C2CCCC21. The maximum atomic E-state index is 2.55. The van der Waals surface area contributed by atoms with Gasteiger partial charge in [-0.1, -0.05) is 46.0 Å². The van der Waals surface area contributed by atoms with E-state index in [-0.39, 0.29) is 0 Å². The van der Waals surface area contributed by atoms with Crippen LogP contribution in [-0.2, 0) is 0 Å². The summed E-state index contributed by atoms with van der Waals surface area (Å²) in [5.41, 5.74) is 0.811. The molecule has 2 aliphatic carbocycles. The van der Waals surface area contributed by atoms with Crippen molar-refractivity contribution in [2.24, 2.45) is 17.3 Å². The van der Waals surface area contributed by atoms with Gasteiger partial charge in [-0.15, -0.1) is 0 Å². The quantitative estimate of drug-likeness (QED) is 0.550. The topological polar surface area (TPSA) is 0 Å². The summed E-state index contributed by atoms with van der Waals surface area (Å²) in [5, 5.41) is 0. The van der Waals surface area contributed by atoms with E-state index in [0.29, 0.717) is 0 Å². The van der Waals surface area contributed by atoms with E-state index in [0.717, 1.165) is 17.3 Å². The third-order valence-corrected chi connectivity index (χ3v) is 4.67. The van der Waals surface area contributed by atoms with Gasteiger partial charge in [-0.05, 0) is 36.5 Å². The molecule has 2 unspecified atom stereocenters. The van der Waals surface area contributed by atoms with Gasteiger partial charge in [0.1, 0.15) is 0 Å². The first-order valence-corrected chi connectivity index (χ1v) is 6.29. The average Bonchev–Trinajstić information content (AvgIpc) is 2.57. The molecule has 2 aliphatic rings. The van der Waals surface area contributed by atoms with Crippen LogP contribution in [0.5, 0.6) is 0 Å². The summed E-state index contributed by atoms with van der Waals surface area (Å²) in [4.78, 5) is 0. The fourth-order valence-electron chi connectivity index (χ4n) is 3.69. The fraction of sp³-hybridized carbons (Fsp3) is 1.00. The molecule has 0 amide bonds. The van der Waals surface area contributed by atoms with Gasteiger partial charge in [0.05, 0.1) is 0 Å². The molecule has 0 heteroatoms. The summed E-state index contributed by atoms with van der Waals surface area (Å²) in [6.45, 7) is 4.85. The van der Waals surface area contributed by atoms with E-state index >= 15 is 0 Å². The standard InChI is InChI=1S/C13H24/c1-3-4-5-6-10-13(2)11-8-7-9-12(11)13/h11-12H,3-10H2,1-2H3. The Hall–Kier alpha value is 0. The van der Waals surface area contributed by atoms with E-state index < -0.39 is 0 Å². The molecular weight excluding hydrogens is 156 g/mol. The van der Waals surface area contributed by atoms with E-state index in [4.69, 9.17) is 0 Å². The highest BCUT2D eigenvalue weighted by molar-refractivity contribution is 5.10. The Kier molecular flexibility index (Phi) is 2.67. The zero-order valence-electron chi connectivity index (χ0n) is 9.31. The zero-order valence-corrected chi connectivity index (χ0v) is 9.31. The summed E-state index contributed by atoms with van der Waals surface area (Å²) in [7, 11) is 0. The molecule has 0 aromatic rings. The smallest absolute Gasteiger partial charge is 0.0264 e. The lowest BCUT2D eigenvalue weighted by molar-refractivity contribution is 0.373. The molecule has 2 atom stereocenters. The van der Waals surface area contributed by atoms with Gasteiger partial charge in [-0.2, -0.15) is 0 Å². The van der Waals surface area contributed by atoms with Gasteiger partial charge in [-0.3, -0.25) is 0 Å². The van der Waals surface area contributed by atoms with E-state index in [9.17, 15) is 0 Å². The van der Waals surface area contributed by atoms with Crippen LogP contribution in [-0.4, -0.2) is 0 Å². The summed E-state index contributed by atoms with van der Waals surface area (Å²) in [6, 6.07) is 0. The van der Waals surface area contributed by atoms with Crippen LogP contribution < -0.4 is 0 Å². The lowest BCUT2D eigenvalue weighted by Crippen LogP contribution is -2.02. The van der Waals surface area contributed by atoms with E-state index in [1.807, 2.05) is 0 Å². The second kappa shape index (κ2) is 3.63. The van der Waals surface area contributed by atoms with Crippen molar-refractivity contribution in [3.63, 3.8) is 0 Å². The first-order chi connectivity index (χ1) is 6.29. The molecule has 0 aliphatic heterocycles. The van der Waals surface area contributed by atoms with Gasteiger partial charge in [-0.25, -0.2) is 0 Å². The molecule has 2 saturated carbocycles. The normalized spacial score (nSPS) is 42.0. The third kappa shape index (κ3) is 1.65. The Bertz CT molecular complexity index is 161. The van der Waals surface area contributed by atoms with Crippen molar-refractivity contribution in [2.75, 3.05) is 0 Å². The zero-order chi connectivity index (χ0) is 9.31. The summed E-state index contributed by atoms with van der Waals surface area (Å²) in [6.07, 6.45) is 12.0. The van der Waals surface area contributed by atoms with Crippen molar-refractivity contribution in [1.82, 2.24) is 0 Å². The molecule has 0 radical (unpaired) electrons. The van der Waals surface area contributed by atoms with Crippen LogP contribution in [0.3, 0.4) is 0 Å². The maximum Gasteiger partial charge on any atom is -0.0264 e. The van der Waals surface area contributed by atoms with Gasteiger partial charge in [0.2, 0.25) is 0 Å². The van der Waals surface area contributed by atoms with E-state index in [1.165, 1.54) is 38.5 Å². The molecule has 0 bridgehead atoms. The first kappa shape index (κ1) is 9.55. The monoisotopic (exact) mass is 180 g/mol. The van der Waals surface area contributed by atoms with Crippen molar-refractivity contribution < 1.29 is 0 Å². The largest absolute Gasteiger partial charge is 0.0654 e. The average molecular weight is 180 g/mol. The Balaban J connectivity index is 1.66. The minimum Gasteiger partial charge on any atom is -0.0654 e. The number of hydrogen-bond acceptors (Lipinski definition) is 0. The number of unbranched alkanes of at least 4 members (excludes halogenated alkanes) is 3. The van der Waals surface area contributed by atoms with Crippen LogP contribution in [0.25, 0.3) is 0 Å². The molecule has 0 saturated heterocycles. The predicted molar refractivity (Wildman–Crippen MR) is 57.7 cm³/mol. The highest BCUT2D eigenvalue weighted by Gasteiger charge is 2.61. The third-order valence-electron chi connectivity index (χ3n) is 4.67. The molecule has 0 nitrogen and oxygen atoms in total. The van der Waals surface area contributed by atoms with Gasteiger partial charge in [0.15, 0.2) is 0 Å². The highest BCUT2D eigenvalue weighted by atomic mass is 14.7. The minimum atomic E-state index is 0.811. The van der Waals surface area contributed by atoms with Gasteiger partial charge < -0.3 is 0 Å². The van der Waals surface area contributed by atoms with Crippen LogP contribution >= 0.6 is 0 Å². The van der Waals surface area contributed by atoms with Crippen molar-refractivity contribution >= 4 is 0 Å². The molecule has 76 valence electrons. The molecule has 0 aromatic carbocycles. The second-order valence-electron chi connectivity index (χ2n) is 5.46. The molecule has 2 rings (SSSR count). The van der Waals surface area contributed by atoms with Crippen LogP contribution in [0, 0.1) is 17.3 Å². The van der Waals surface area contributed by atoms with Crippen LogP contribution in [0.15, 0.2) is 0 Å². The van der Waals surface area contributed by atoms with Gasteiger partial charge >= 0.3 is 0 Å². The van der Waals surface area contributed by atoms with Crippen LogP contribution in [0.1, 0.15) is 65.2 Å². The summed E-state index contributed by atoms with van der Waals surface area (Å²) in [5.74, 6) is 2.29. The van der Waals surface area contributed by atoms with Crippen molar-refractivity contribution in [3.8, 4) is 0 Å². The van der Waals surface area contributed by atoms with Crippen molar-refractivity contribution in [1.29, 1.82) is 0 Å². The van der Waals surface area contributed by atoms with Gasteiger partial charge in [0, 0.05) is 0 Å². The molecule has 0 heterocycles. The van der Waals surface area contributed by atoms with Crippen LogP contribution in [0.4, 0.5) is 0 Å². The lowest BCUT2D eigenvalue weighted by Gasteiger charge is -2.14. The fourth-order valence-corrected chi connectivity index (χ4v) is 3.69. The number of fused-ring (bicyclic) bond motifs is 1. The second-order valence-corrected chi connectivity index (χ2v) is 5.46. The Labute approximate surface area is 83.1 Å². The van der Waals surface area contributed by atoms with Crippen molar-refractivity contribution in [3.05, 3.63) is 0 Å². The predicted octanol–water partition coefficient (Wildman–Crippen LogP) is 4.39. The number of hydrogen-bond donors (Lipinski definition) is 0.